The molecule has 0 aromatic rings. The Morgan fingerprint density at radius 2 is 1.17 bits per heavy atom. The van der Waals surface area contributed by atoms with Gasteiger partial charge in [0.1, 0.15) is 0 Å². The second-order valence-corrected chi connectivity index (χ2v) is 3.08. The van der Waals surface area contributed by atoms with Crippen molar-refractivity contribution < 1.29 is 0 Å². The lowest BCUT2D eigenvalue weighted by Crippen LogP contribution is -2.06. The second kappa shape index (κ2) is 4.28. The highest BCUT2D eigenvalue weighted by atomic mass is 35.5. The Bertz CT molecular complexity index is 282. The Labute approximate surface area is 89.4 Å². The molecular formula is C6H2Cl4N2. The van der Waals surface area contributed by atoms with Crippen molar-refractivity contribution >= 4 is 58.2 Å². The van der Waals surface area contributed by atoms with Crippen molar-refractivity contribution in [2.45, 2.75) is 0 Å². The van der Waals surface area contributed by atoms with Crippen molar-refractivity contribution in [2.75, 3.05) is 0 Å². The minimum Gasteiger partial charge on any atom is -0.176 e. The molecule has 1 rings (SSSR count). The smallest absolute Gasteiger partial charge is 0.0979 e. The first-order valence-electron chi connectivity index (χ1n) is 2.82. The van der Waals surface area contributed by atoms with E-state index in [0.29, 0.717) is 21.5 Å². The van der Waals surface area contributed by atoms with Crippen LogP contribution in [-0.4, -0.2) is 11.4 Å². The Hall–Kier alpha value is -0.0200. The highest BCUT2D eigenvalue weighted by molar-refractivity contribution is 6.57. The van der Waals surface area contributed by atoms with Crippen molar-refractivity contribution in [3.05, 3.63) is 22.2 Å². The number of nitrogens with zero attached hydrogens (tertiary/aromatic N) is 2. The molecule has 0 saturated carbocycles. The summed E-state index contributed by atoms with van der Waals surface area (Å²) in [6.45, 7) is 0. The maximum Gasteiger partial charge on any atom is 0.0979 e. The van der Waals surface area contributed by atoms with Crippen molar-refractivity contribution in [1.29, 1.82) is 0 Å². The van der Waals surface area contributed by atoms with Gasteiger partial charge in [0.25, 0.3) is 0 Å². The third-order valence-corrected chi connectivity index (χ3v) is 2.17. The van der Waals surface area contributed by atoms with Crippen LogP contribution in [-0.2, 0) is 0 Å². The van der Waals surface area contributed by atoms with Gasteiger partial charge in [-0.2, -0.15) is 9.02 Å². The molecule has 0 radical (unpaired) electrons. The lowest BCUT2D eigenvalue weighted by molar-refractivity contribution is 1.74. The van der Waals surface area contributed by atoms with Gasteiger partial charge in [0.05, 0.1) is 21.5 Å². The van der Waals surface area contributed by atoms with Crippen molar-refractivity contribution in [3.8, 4) is 0 Å². The zero-order valence-electron chi connectivity index (χ0n) is 5.56. The van der Waals surface area contributed by atoms with Gasteiger partial charge in [0.2, 0.25) is 0 Å². The van der Waals surface area contributed by atoms with Crippen molar-refractivity contribution in [3.63, 3.8) is 0 Å². The average Bonchev–Trinajstić information content (AvgIpc) is 2.08. The zero-order valence-corrected chi connectivity index (χ0v) is 8.58. The molecule has 1 aliphatic rings. The van der Waals surface area contributed by atoms with Crippen LogP contribution < -0.4 is 0 Å². The molecule has 0 atom stereocenters. The Balaban J connectivity index is 3.11. The monoisotopic (exact) mass is 242 g/mol. The van der Waals surface area contributed by atoms with E-state index in [-0.39, 0.29) is 0 Å². The van der Waals surface area contributed by atoms with Gasteiger partial charge in [-0.05, 0) is 12.2 Å². The molecule has 0 unspecified atom stereocenters. The first-order valence-corrected chi connectivity index (χ1v) is 4.25. The predicted molar refractivity (Wildman–Crippen MR) is 54.4 cm³/mol. The van der Waals surface area contributed by atoms with Crippen molar-refractivity contribution in [2.24, 2.45) is 9.02 Å². The molecule has 6 heteroatoms. The molecule has 0 aliphatic heterocycles. The third kappa shape index (κ3) is 2.02. The lowest BCUT2D eigenvalue weighted by atomic mass is 10.1. The van der Waals surface area contributed by atoms with Crippen LogP contribution in [0.3, 0.4) is 0 Å². The molecule has 0 bridgehead atoms. The highest BCUT2D eigenvalue weighted by Crippen LogP contribution is 2.20. The number of allylic oxidation sites excluding steroid dienone is 4. The maximum atomic E-state index is 5.72. The van der Waals surface area contributed by atoms with Crippen LogP contribution in [0.15, 0.2) is 31.2 Å². The van der Waals surface area contributed by atoms with Gasteiger partial charge in [-0.3, -0.25) is 0 Å². The fourth-order valence-corrected chi connectivity index (χ4v) is 1.42. The summed E-state index contributed by atoms with van der Waals surface area (Å²) in [6, 6.07) is 0. The van der Waals surface area contributed by atoms with Crippen molar-refractivity contribution in [1.82, 2.24) is 0 Å². The first kappa shape index (κ1) is 10.1. The molecule has 64 valence electrons. The summed E-state index contributed by atoms with van der Waals surface area (Å²) in [5.41, 5.74) is 0.791. The van der Waals surface area contributed by atoms with Crippen LogP contribution in [0.1, 0.15) is 0 Å². The number of halogens is 4. The fourth-order valence-electron chi connectivity index (χ4n) is 0.655. The van der Waals surface area contributed by atoms with E-state index in [1.54, 1.807) is 0 Å². The van der Waals surface area contributed by atoms with Crippen LogP contribution in [0, 0.1) is 0 Å². The topological polar surface area (TPSA) is 24.7 Å². The SMILES string of the molecule is ClN=C1C=C(Cl)C(=NCl)C=C1Cl. The average molecular weight is 244 g/mol. The summed E-state index contributed by atoms with van der Waals surface area (Å²) in [6.07, 6.45) is 2.97. The van der Waals surface area contributed by atoms with E-state index >= 15 is 0 Å². The Morgan fingerprint density at radius 1 is 0.833 bits per heavy atom. The van der Waals surface area contributed by atoms with E-state index in [0.717, 1.165) is 0 Å². The molecule has 12 heavy (non-hydrogen) atoms. The zero-order chi connectivity index (χ0) is 9.14. The number of hydrogen-bond donors (Lipinski definition) is 0. The Kier molecular flexibility index (Phi) is 3.59. The highest BCUT2D eigenvalue weighted by Gasteiger charge is 2.13. The normalized spacial score (nSPS) is 24.3. The molecule has 0 heterocycles. The van der Waals surface area contributed by atoms with Crippen LogP contribution in [0.25, 0.3) is 0 Å². The standard InChI is InChI=1S/C6H2Cl4N2/c7-3-1-5(11-9)4(8)2-6(3)12-10/h1-2H. The molecule has 0 amide bonds. The van der Waals surface area contributed by atoms with Gasteiger partial charge >= 0.3 is 0 Å². The van der Waals surface area contributed by atoms with E-state index in [4.69, 9.17) is 46.8 Å². The molecule has 0 fully saturated rings. The van der Waals surface area contributed by atoms with Gasteiger partial charge in [-0.25, -0.2) is 0 Å². The fraction of sp³-hybridized carbons (Fsp3) is 0. The minimum absolute atomic E-state index is 0.355. The van der Waals surface area contributed by atoms with Gasteiger partial charge in [-0.15, -0.1) is 0 Å². The van der Waals surface area contributed by atoms with Crippen LogP contribution >= 0.6 is 46.8 Å². The van der Waals surface area contributed by atoms with Gasteiger partial charge in [0, 0.05) is 23.6 Å². The summed E-state index contributed by atoms with van der Waals surface area (Å²) in [4.78, 5) is 0. The molecule has 0 spiro atoms. The lowest BCUT2D eigenvalue weighted by Gasteiger charge is -2.06. The molecule has 0 aromatic heterocycles. The van der Waals surface area contributed by atoms with Crippen LogP contribution in [0.4, 0.5) is 0 Å². The van der Waals surface area contributed by atoms with E-state index in [2.05, 4.69) is 9.02 Å². The summed E-state index contributed by atoms with van der Waals surface area (Å²) in [5.74, 6) is 0. The molecule has 0 aromatic carbocycles. The quantitative estimate of drug-likeness (QED) is 0.583. The summed E-state index contributed by atoms with van der Waals surface area (Å²) in [5, 5.41) is 0.711. The van der Waals surface area contributed by atoms with E-state index in [1.165, 1.54) is 12.2 Å². The first-order chi connectivity index (χ1) is 5.69. The predicted octanol–water partition coefficient (Wildman–Crippen LogP) is 3.44. The third-order valence-electron chi connectivity index (χ3n) is 1.20. The van der Waals surface area contributed by atoms with E-state index in [9.17, 15) is 0 Å². The summed E-state index contributed by atoms with van der Waals surface area (Å²) < 4.78 is 6.75. The molecule has 0 N–H and O–H groups in total. The summed E-state index contributed by atoms with van der Waals surface area (Å²) >= 11 is 21.9. The summed E-state index contributed by atoms with van der Waals surface area (Å²) in [7, 11) is 0. The molecule has 1 aliphatic carbocycles. The van der Waals surface area contributed by atoms with Gasteiger partial charge < -0.3 is 0 Å². The minimum atomic E-state index is 0.355. The van der Waals surface area contributed by atoms with E-state index < -0.39 is 0 Å². The maximum absolute atomic E-state index is 5.72. The van der Waals surface area contributed by atoms with Gasteiger partial charge in [0.15, 0.2) is 0 Å². The number of rotatable bonds is 0. The van der Waals surface area contributed by atoms with Crippen LogP contribution in [0.5, 0.6) is 0 Å². The molecular weight excluding hydrogens is 242 g/mol. The van der Waals surface area contributed by atoms with Crippen LogP contribution in [0.2, 0.25) is 0 Å². The second-order valence-electron chi connectivity index (χ2n) is 1.92. The number of hydrogen-bond acceptors (Lipinski definition) is 2. The Morgan fingerprint density at radius 3 is 1.42 bits per heavy atom. The largest absolute Gasteiger partial charge is 0.176 e. The molecule has 0 saturated heterocycles. The van der Waals surface area contributed by atoms with Gasteiger partial charge in [-0.1, -0.05) is 23.2 Å². The molecule has 2 nitrogen and oxygen atoms in total. The van der Waals surface area contributed by atoms with E-state index in [1.807, 2.05) is 0 Å².